The molecule has 2 aromatic rings. The van der Waals surface area contributed by atoms with Crippen LogP contribution in [0.3, 0.4) is 0 Å². The van der Waals surface area contributed by atoms with Gasteiger partial charge >= 0.3 is 5.97 Å². The summed E-state index contributed by atoms with van der Waals surface area (Å²) in [6, 6.07) is 7.77. The Morgan fingerprint density at radius 3 is 2.62 bits per heavy atom. The summed E-state index contributed by atoms with van der Waals surface area (Å²) < 4.78 is 1.07. The van der Waals surface area contributed by atoms with Crippen LogP contribution in [0.25, 0.3) is 5.69 Å². The van der Waals surface area contributed by atoms with E-state index in [1.807, 2.05) is 6.92 Å². The van der Waals surface area contributed by atoms with Crippen molar-refractivity contribution in [3.63, 3.8) is 0 Å². The van der Waals surface area contributed by atoms with E-state index in [1.54, 1.807) is 24.3 Å². The molecule has 2 rings (SSSR count). The summed E-state index contributed by atoms with van der Waals surface area (Å²) in [5.41, 5.74) is -0.0251. The van der Waals surface area contributed by atoms with Gasteiger partial charge in [0.05, 0.1) is 5.69 Å². The highest BCUT2D eigenvalue weighted by Crippen LogP contribution is 2.21. The molecule has 21 heavy (non-hydrogen) atoms. The van der Waals surface area contributed by atoms with Gasteiger partial charge in [-0.05, 0) is 36.4 Å². The van der Waals surface area contributed by atoms with E-state index in [0.29, 0.717) is 15.6 Å². The zero-order valence-electron chi connectivity index (χ0n) is 11.2. The highest BCUT2D eigenvalue weighted by atomic mass is 35.5. The lowest BCUT2D eigenvalue weighted by atomic mass is 10.3. The molecule has 0 radical (unpaired) electrons. The molecule has 0 aliphatic rings. The summed E-state index contributed by atoms with van der Waals surface area (Å²) in [6.45, 7) is 1.98. The van der Waals surface area contributed by atoms with Crippen LogP contribution < -0.4 is 5.56 Å². The molecule has 0 saturated heterocycles. The Bertz CT molecular complexity index is 713. The number of carboxylic acids is 1. The van der Waals surface area contributed by atoms with Gasteiger partial charge in [-0.2, -0.15) is 9.78 Å². The normalized spacial score (nSPS) is 10.6. The molecule has 1 aromatic heterocycles. The molecule has 0 spiro atoms. The highest BCUT2D eigenvalue weighted by Gasteiger charge is 2.16. The zero-order valence-corrected chi connectivity index (χ0v) is 12.8. The molecule has 1 heterocycles. The van der Waals surface area contributed by atoms with Gasteiger partial charge in [0.15, 0.2) is 5.69 Å². The first-order chi connectivity index (χ1) is 10.0. The molecule has 0 aliphatic heterocycles. The summed E-state index contributed by atoms with van der Waals surface area (Å²) in [7, 11) is 0. The lowest BCUT2D eigenvalue weighted by Crippen LogP contribution is -2.24. The molecular weight excluding hydrogens is 312 g/mol. The van der Waals surface area contributed by atoms with Gasteiger partial charge in [0, 0.05) is 16.0 Å². The summed E-state index contributed by atoms with van der Waals surface area (Å²) >= 11 is 7.12. The monoisotopic (exact) mass is 324 g/mol. The SMILES string of the molecule is CCCSc1cc(=O)n(-c2ccc(Cl)cc2)nc1C(=O)O. The number of carbonyl (C=O) groups is 1. The third kappa shape index (κ3) is 3.65. The van der Waals surface area contributed by atoms with E-state index in [4.69, 9.17) is 11.6 Å². The minimum Gasteiger partial charge on any atom is -0.476 e. The number of nitrogens with zero attached hydrogens (tertiary/aromatic N) is 2. The number of hydrogen-bond acceptors (Lipinski definition) is 4. The van der Waals surface area contributed by atoms with Crippen LogP contribution in [-0.2, 0) is 0 Å². The average molecular weight is 325 g/mol. The largest absolute Gasteiger partial charge is 0.476 e. The van der Waals surface area contributed by atoms with Crippen molar-refractivity contribution in [2.75, 3.05) is 5.75 Å². The number of halogens is 1. The van der Waals surface area contributed by atoms with Crippen molar-refractivity contribution in [1.29, 1.82) is 0 Å². The van der Waals surface area contributed by atoms with Crippen LogP contribution in [0, 0.1) is 0 Å². The Morgan fingerprint density at radius 2 is 2.05 bits per heavy atom. The molecule has 0 aliphatic carbocycles. The number of carboxylic acid groups (broad SMARTS) is 1. The van der Waals surface area contributed by atoms with Gasteiger partial charge in [0.1, 0.15) is 0 Å². The summed E-state index contributed by atoms with van der Waals surface area (Å²) in [5, 5.41) is 13.8. The molecule has 1 N–H and O–H groups in total. The number of thioether (sulfide) groups is 1. The van der Waals surface area contributed by atoms with Crippen molar-refractivity contribution in [2.45, 2.75) is 18.2 Å². The number of aromatic nitrogens is 2. The Labute approximate surface area is 130 Å². The van der Waals surface area contributed by atoms with Crippen molar-refractivity contribution in [3.05, 3.63) is 51.4 Å². The Kier molecular flexibility index (Phi) is 5.03. The lowest BCUT2D eigenvalue weighted by molar-refractivity contribution is 0.0684. The first-order valence-corrected chi connectivity index (χ1v) is 7.65. The van der Waals surface area contributed by atoms with Crippen LogP contribution in [0.15, 0.2) is 40.0 Å². The van der Waals surface area contributed by atoms with Crippen molar-refractivity contribution in [3.8, 4) is 5.69 Å². The fourth-order valence-corrected chi connectivity index (χ4v) is 2.68. The summed E-state index contributed by atoms with van der Waals surface area (Å²) in [5.74, 6) is -0.428. The second-order valence-corrected chi connectivity index (χ2v) is 5.81. The van der Waals surface area contributed by atoms with E-state index in [9.17, 15) is 14.7 Å². The molecule has 0 saturated carbocycles. The van der Waals surface area contributed by atoms with E-state index < -0.39 is 5.97 Å². The third-order valence-electron chi connectivity index (χ3n) is 2.63. The van der Waals surface area contributed by atoms with Gasteiger partial charge in [-0.1, -0.05) is 18.5 Å². The Hall–Kier alpha value is -1.79. The molecule has 0 amide bonds. The van der Waals surface area contributed by atoms with Crippen molar-refractivity contribution >= 4 is 29.3 Å². The van der Waals surface area contributed by atoms with Crippen LogP contribution in [0.1, 0.15) is 23.8 Å². The van der Waals surface area contributed by atoms with Gasteiger partial charge in [0.2, 0.25) is 0 Å². The fraction of sp³-hybridized carbons (Fsp3) is 0.214. The second-order valence-electron chi connectivity index (χ2n) is 4.24. The predicted molar refractivity (Wildman–Crippen MR) is 82.8 cm³/mol. The number of benzene rings is 1. The van der Waals surface area contributed by atoms with Crippen molar-refractivity contribution < 1.29 is 9.90 Å². The smallest absolute Gasteiger partial charge is 0.357 e. The molecule has 110 valence electrons. The van der Waals surface area contributed by atoms with Gasteiger partial charge in [-0.15, -0.1) is 11.8 Å². The maximum Gasteiger partial charge on any atom is 0.357 e. The summed E-state index contributed by atoms with van der Waals surface area (Å²) in [4.78, 5) is 23.8. The Balaban J connectivity index is 2.53. The molecule has 0 atom stereocenters. The molecule has 0 unspecified atom stereocenters. The number of hydrogen-bond donors (Lipinski definition) is 1. The lowest BCUT2D eigenvalue weighted by Gasteiger charge is -2.09. The molecular formula is C14H13ClN2O3S. The Morgan fingerprint density at radius 1 is 1.38 bits per heavy atom. The van der Waals surface area contributed by atoms with E-state index >= 15 is 0 Å². The molecule has 1 aromatic carbocycles. The van der Waals surface area contributed by atoms with Gasteiger partial charge in [0.25, 0.3) is 5.56 Å². The van der Waals surface area contributed by atoms with Crippen molar-refractivity contribution in [1.82, 2.24) is 9.78 Å². The number of aromatic carboxylic acids is 1. The van der Waals surface area contributed by atoms with Crippen LogP contribution in [0.5, 0.6) is 0 Å². The zero-order chi connectivity index (χ0) is 15.4. The standard InChI is InChI=1S/C14H13ClN2O3S/c1-2-7-21-11-8-12(18)17(16-13(11)14(19)20)10-5-3-9(15)4-6-10/h3-6,8H,2,7H2,1H3,(H,19,20). The van der Waals surface area contributed by atoms with Crippen molar-refractivity contribution in [2.24, 2.45) is 0 Å². The first-order valence-electron chi connectivity index (χ1n) is 6.29. The number of rotatable bonds is 5. The van der Waals surface area contributed by atoms with Gasteiger partial charge < -0.3 is 5.11 Å². The van der Waals surface area contributed by atoms with E-state index in [1.165, 1.54) is 17.8 Å². The average Bonchev–Trinajstić information content (AvgIpc) is 2.46. The molecule has 7 heteroatoms. The van der Waals surface area contributed by atoms with Crippen LogP contribution >= 0.6 is 23.4 Å². The summed E-state index contributed by atoms with van der Waals surface area (Å²) in [6.07, 6.45) is 0.879. The molecule has 0 fully saturated rings. The first kappa shape index (κ1) is 15.6. The second kappa shape index (κ2) is 6.78. The highest BCUT2D eigenvalue weighted by molar-refractivity contribution is 7.99. The minimum atomic E-state index is -1.16. The maximum absolute atomic E-state index is 12.1. The van der Waals surface area contributed by atoms with Crippen LogP contribution in [0.2, 0.25) is 5.02 Å². The van der Waals surface area contributed by atoms with Gasteiger partial charge in [-0.25, -0.2) is 4.79 Å². The van der Waals surface area contributed by atoms with E-state index in [-0.39, 0.29) is 11.3 Å². The van der Waals surface area contributed by atoms with Gasteiger partial charge in [-0.3, -0.25) is 4.79 Å². The van der Waals surface area contributed by atoms with Crippen LogP contribution in [-0.4, -0.2) is 26.6 Å². The van der Waals surface area contributed by atoms with E-state index in [2.05, 4.69) is 5.10 Å². The topological polar surface area (TPSA) is 72.2 Å². The van der Waals surface area contributed by atoms with Crippen LogP contribution in [0.4, 0.5) is 0 Å². The fourth-order valence-electron chi connectivity index (χ4n) is 1.68. The maximum atomic E-state index is 12.1. The third-order valence-corrected chi connectivity index (χ3v) is 4.12. The molecule has 5 nitrogen and oxygen atoms in total. The minimum absolute atomic E-state index is 0.122. The molecule has 0 bridgehead atoms. The predicted octanol–water partition coefficient (Wildman–Crippen LogP) is 3.09. The van der Waals surface area contributed by atoms with E-state index in [0.717, 1.165) is 16.9 Å². The quantitative estimate of drug-likeness (QED) is 0.856.